The molecule has 0 aliphatic rings. The Hall–Kier alpha value is -2.89. The van der Waals surface area contributed by atoms with Crippen LogP contribution in [0.2, 0.25) is 0 Å². The average molecular weight is 326 g/mol. The zero-order chi connectivity index (χ0) is 17.3. The summed E-state index contributed by atoms with van der Waals surface area (Å²) < 4.78 is 16.2. The number of benzene rings is 1. The van der Waals surface area contributed by atoms with E-state index in [9.17, 15) is 4.79 Å². The van der Waals surface area contributed by atoms with Crippen LogP contribution in [0.25, 0.3) is 11.5 Å². The van der Waals surface area contributed by atoms with Crippen LogP contribution in [-0.2, 0) is 11.3 Å². The molecule has 0 amide bonds. The molecule has 1 aromatic carbocycles. The number of nitrogens with zero attached hydrogens (tertiary/aromatic N) is 2. The number of furan rings is 1. The topological polar surface area (TPSA) is 78.4 Å². The van der Waals surface area contributed by atoms with E-state index in [1.54, 1.807) is 6.07 Å². The van der Waals surface area contributed by atoms with Crippen LogP contribution in [0.5, 0.6) is 0 Å². The van der Waals surface area contributed by atoms with Crippen molar-refractivity contribution in [2.75, 3.05) is 0 Å². The van der Waals surface area contributed by atoms with Crippen LogP contribution in [0, 0.1) is 27.7 Å². The Morgan fingerprint density at radius 2 is 1.88 bits per heavy atom. The number of esters is 1. The van der Waals surface area contributed by atoms with Crippen LogP contribution >= 0.6 is 0 Å². The first-order valence-corrected chi connectivity index (χ1v) is 7.58. The number of ether oxygens (including phenoxy) is 1. The van der Waals surface area contributed by atoms with E-state index in [4.69, 9.17) is 13.6 Å². The summed E-state index contributed by atoms with van der Waals surface area (Å²) >= 11 is 0. The Morgan fingerprint density at radius 3 is 2.54 bits per heavy atom. The third-order valence-corrected chi connectivity index (χ3v) is 3.67. The molecule has 2 aromatic heterocycles. The van der Waals surface area contributed by atoms with Gasteiger partial charge in [-0.15, -0.1) is 10.2 Å². The highest BCUT2D eigenvalue weighted by molar-refractivity contribution is 5.91. The Bertz CT molecular complexity index is 892. The largest absolute Gasteiger partial charge is 0.466 e. The van der Waals surface area contributed by atoms with Gasteiger partial charge in [0.2, 0.25) is 0 Å². The summed E-state index contributed by atoms with van der Waals surface area (Å²) in [4.78, 5) is 12.2. The zero-order valence-corrected chi connectivity index (χ0v) is 14.0. The van der Waals surface area contributed by atoms with Crippen LogP contribution in [-0.4, -0.2) is 16.2 Å². The predicted octanol–water partition coefficient (Wildman–Crippen LogP) is 3.92. The van der Waals surface area contributed by atoms with E-state index in [1.165, 1.54) is 0 Å². The van der Waals surface area contributed by atoms with E-state index in [2.05, 4.69) is 10.2 Å². The second kappa shape index (κ2) is 6.31. The van der Waals surface area contributed by atoms with Gasteiger partial charge in [-0.3, -0.25) is 0 Å². The lowest BCUT2D eigenvalue weighted by atomic mass is 10.1. The van der Waals surface area contributed by atoms with Crippen molar-refractivity contribution in [2.45, 2.75) is 34.3 Å². The van der Waals surface area contributed by atoms with Gasteiger partial charge in [0.15, 0.2) is 6.61 Å². The smallest absolute Gasteiger partial charge is 0.338 e. The van der Waals surface area contributed by atoms with Crippen molar-refractivity contribution in [3.05, 3.63) is 58.4 Å². The minimum atomic E-state index is -0.414. The maximum Gasteiger partial charge on any atom is 0.338 e. The average Bonchev–Trinajstić information content (AvgIpc) is 3.11. The SMILES string of the molecule is Cc1ccc(C(=O)OCc2nnc(-c3cc(C)oc3C)o2)c(C)c1. The lowest BCUT2D eigenvalue weighted by Gasteiger charge is -2.06. The third kappa shape index (κ3) is 3.22. The second-order valence-corrected chi connectivity index (χ2v) is 5.72. The van der Waals surface area contributed by atoms with Gasteiger partial charge in [0.1, 0.15) is 11.5 Å². The molecule has 0 spiro atoms. The lowest BCUT2D eigenvalue weighted by Crippen LogP contribution is -2.07. The van der Waals surface area contributed by atoms with E-state index in [-0.39, 0.29) is 12.5 Å². The van der Waals surface area contributed by atoms with Gasteiger partial charge >= 0.3 is 5.97 Å². The van der Waals surface area contributed by atoms with E-state index in [1.807, 2.05) is 45.9 Å². The standard InChI is InChI=1S/C18H18N2O4/c1-10-5-6-14(11(2)7-10)18(21)22-9-16-19-20-17(24-16)15-8-12(3)23-13(15)4/h5-8H,9H2,1-4H3. The molecule has 0 atom stereocenters. The molecule has 0 radical (unpaired) electrons. The molecule has 0 aliphatic carbocycles. The first-order chi connectivity index (χ1) is 11.4. The van der Waals surface area contributed by atoms with E-state index in [0.717, 1.165) is 22.5 Å². The highest BCUT2D eigenvalue weighted by atomic mass is 16.5. The quantitative estimate of drug-likeness (QED) is 0.676. The number of aromatic nitrogens is 2. The minimum absolute atomic E-state index is 0.0744. The summed E-state index contributed by atoms with van der Waals surface area (Å²) in [6, 6.07) is 7.39. The van der Waals surface area contributed by atoms with Crippen molar-refractivity contribution < 1.29 is 18.4 Å². The Labute approximate surface area is 139 Å². The van der Waals surface area contributed by atoms with Gasteiger partial charge in [0, 0.05) is 0 Å². The molecule has 0 saturated heterocycles. The van der Waals surface area contributed by atoms with Gasteiger partial charge in [-0.25, -0.2) is 4.79 Å². The van der Waals surface area contributed by atoms with Crippen LogP contribution in [0.15, 0.2) is 33.1 Å². The number of carbonyl (C=O) groups is 1. The molecule has 6 nitrogen and oxygen atoms in total. The molecule has 124 valence electrons. The second-order valence-electron chi connectivity index (χ2n) is 5.72. The number of hydrogen-bond donors (Lipinski definition) is 0. The fourth-order valence-electron chi connectivity index (χ4n) is 2.51. The lowest BCUT2D eigenvalue weighted by molar-refractivity contribution is 0.0438. The first kappa shape index (κ1) is 16.0. The molecular weight excluding hydrogens is 308 g/mol. The first-order valence-electron chi connectivity index (χ1n) is 7.58. The summed E-state index contributed by atoms with van der Waals surface area (Å²) in [5, 5.41) is 7.88. The molecule has 6 heteroatoms. The summed E-state index contributed by atoms with van der Waals surface area (Å²) in [5.74, 6) is 1.64. The molecule has 3 aromatic rings. The van der Waals surface area contributed by atoms with Gasteiger partial charge in [-0.05, 0) is 45.4 Å². The summed E-state index contributed by atoms with van der Waals surface area (Å²) in [5.41, 5.74) is 3.24. The minimum Gasteiger partial charge on any atom is -0.466 e. The predicted molar refractivity (Wildman–Crippen MR) is 86.5 cm³/mol. The highest BCUT2D eigenvalue weighted by Crippen LogP contribution is 2.25. The molecule has 0 aliphatic heterocycles. The molecule has 2 heterocycles. The summed E-state index contributed by atoms with van der Waals surface area (Å²) in [6.45, 7) is 7.45. The van der Waals surface area contributed by atoms with Gasteiger partial charge in [-0.1, -0.05) is 17.7 Å². The highest BCUT2D eigenvalue weighted by Gasteiger charge is 2.16. The zero-order valence-electron chi connectivity index (χ0n) is 14.0. The van der Waals surface area contributed by atoms with E-state index >= 15 is 0 Å². The molecule has 3 rings (SSSR count). The van der Waals surface area contributed by atoms with Crippen LogP contribution < -0.4 is 0 Å². The molecule has 0 fully saturated rings. The number of rotatable bonds is 4. The van der Waals surface area contributed by atoms with Gasteiger partial charge in [0.25, 0.3) is 11.8 Å². The fourth-order valence-corrected chi connectivity index (χ4v) is 2.51. The van der Waals surface area contributed by atoms with E-state index < -0.39 is 5.97 Å². The van der Waals surface area contributed by atoms with Crippen LogP contribution in [0.4, 0.5) is 0 Å². The number of carbonyl (C=O) groups excluding carboxylic acids is 1. The Morgan fingerprint density at radius 1 is 1.08 bits per heavy atom. The maximum absolute atomic E-state index is 12.2. The van der Waals surface area contributed by atoms with Crippen molar-refractivity contribution >= 4 is 5.97 Å². The Balaban J connectivity index is 1.69. The van der Waals surface area contributed by atoms with Crippen molar-refractivity contribution in [1.82, 2.24) is 10.2 Å². The fraction of sp³-hybridized carbons (Fsp3) is 0.278. The third-order valence-electron chi connectivity index (χ3n) is 3.67. The van der Waals surface area contributed by atoms with Crippen LogP contribution in [0.3, 0.4) is 0 Å². The normalized spacial score (nSPS) is 10.8. The van der Waals surface area contributed by atoms with Gasteiger partial charge < -0.3 is 13.6 Å². The van der Waals surface area contributed by atoms with Crippen molar-refractivity contribution in [3.8, 4) is 11.5 Å². The van der Waals surface area contributed by atoms with Gasteiger partial charge in [0.05, 0.1) is 11.1 Å². The monoisotopic (exact) mass is 326 g/mol. The van der Waals surface area contributed by atoms with Crippen molar-refractivity contribution in [1.29, 1.82) is 0 Å². The van der Waals surface area contributed by atoms with E-state index in [0.29, 0.717) is 17.2 Å². The molecule has 0 N–H and O–H groups in total. The molecule has 0 bridgehead atoms. The van der Waals surface area contributed by atoms with Crippen molar-refractivity contribution in [3.63, 3.8) is 0 Å². The molecule has 24 heavy (non-hydrogen) atoms. The van der Waals surface area contributed by atoms with Crippen LogP contribution in [0.1, 0.15) is 38.9 Å². The maximum atomic E-state index is 12.2. The summed E-state index contributed by atoms with van der Waals surface area (Å²) in [7, 11) is 0. The molecule has 0 saturated carbocycles. The number of hydrogen-bond acceptors (Lipinski definition) is 6. The number of aryl methyl sites for hydroxylation is 4. The molecular formula is C18H18N2O4. The van der Waals surface area contributed by atoms with Gasteiger partial charge in [-0.2, -0.15) is 0 Å². The molecule has 0 unspecified atom stereocenters. The summed E-state index contributed by atoms with van der Waals surface area (Å²) in [6.07, 6.45) is 0. The van der Waals surface area contributed by atoms with Crippen molar-refractivity contribution in [2.24, 2.45) is 0 Å². The Kier molecular flexibility index (Phi) is 4.20.